The van der Waals surface area contributed by atoms with E-state index in [1.807, 2.05) is 0 Å². The van der Waals surface area contributed by atoms with Crippen LogP contribution in [0, 0.1) is 5.82 Å². The smallest absolute Gasteiger partial charge is 0.416 e. The Labute approximate surface area is 186 Å². The SMILES string of the molecule is O=C(COc1ccc(Cl)c(F)c1)NCCC(O)CC(=O)NCc1ccc(C(F)(F)F)cc1. The van der Waals surface area contributed by atoms with Gasteiger partial charge in [0.15, 0.2) is 6.61 Å². The highest BCUT2D eigenvalue weighted by atomic mass is 35.5. The van der Waals surface area contributed by atoms with Gasteiger partial charge in [-0.05, 0) is 36.2 Å². The fourth-order valence-electron chi connectivity index (χ4n) is 2.55. The second-order valence-electron chi connectivity index (χ2n) is 6.83. The molecule has 0 aliphatic rings. The molecule has 0 saturated carbocycles. The summed E-state index contributed by atoms with van der Waals surface area (Å²) >= 11 is 5.55. The van der Waals surface area contributed by atoms with E-state index in [4.69, 9.17) is 16.3 Å². The van der Waals surface area contributed by atoms with Gasteiger partial charge in [-0.2, -0.15) is 13.2 Å². The van der Waals surface area contributed by atoms with Crippen molar-refractivity contribution >= 4 is 23.4 Å². The Hall–Kier alpha value is -2.85. The molecular formula is C21H21ClF4N2O4. The number of aliphatic hydroxyl groups excluding tert-OH is 1. The molecule has 0 heterocycles. The zero-order valence-corrected chi connectivity index (χ0v) is 17.5. The fourth-order valence-corrected chi connectivity index (χ4v) is 2.66. The van der Waals surface area contributed by atoms with Crippen molar-refractivity contribution in [3.05, 3.63) is 64.4 Å². The van der Waals surface area contributed by atoms with Gasteiger partial charge in [0.05, 0.1) is 23.1 Å². The summed E-state index contributed by atoms with van der Waals surface area (Å²) < 4.78 is 56.0. The van der Waals surface area contributed by atoms with E-state index in [0.29, 0.717) is 5.56 Å². The molecule has 11 heteroatoms. The average Bonchev–Trinajstić information content (AvgIpc) is 2.72. The first kappa shape index (κ1) is 25.4. The van der Waals surface area contributed by atoms with Gasteiger partial charge in [0.1, 0.15) is 11.6 Å². The van der Waals surface area contributed by atoms with Crippen LogP contribution >= 0.6 is 11.6 Å². The molecule has 6 nitrogen and oxygen atoms in total. The number of aliphatic hydroxyl groups is 1. The number of carbonyl (C=O) groups excluding carboxylic acids is 2. The standard InChI is InChI=1S/C21H21ClF4N2O4/c22-17-6-5-16(10-18(17)23)32-12-20(31)27-8-7-15(29)9-19(30)28-11-13-1-3-14(4-2-13)21(24,25)26/h1-6,10,15,29H,7-9,11-12H2,(H,27,31)(H,28,30). The molecule has 0 spiro atoms. The van der Waals surface area contributed by atoms with E-state index >= 15 is 0 Å². The lowest BCUT2D eigenvalue weighted by molar-refractivity contribution is -0.137. The Morgan fingerprint density at radius 1 is 1.06 bits per heavy atom. The largest absolute Gasteiger partial charge is 0.484 e. The van der Waals surface area contributed by atoms with Crippen LogP contribution in [0.25, 0.3) is 0 Å². The number of ether oxygens (including phenoxy) is 1. The summed E-state index contributed by atoms with van der Waals surface area (Å²) in [7, 11) is 0. The van der Waals surface area contributed by atoms with Crippen LogP contribution in [-0.2, 0) is 22.3 Å². The number of hydrogen-bond acceptors (Lipinski definition) is 4. The van der Waals surface area contributed by atoms with Crippen LogP contribution in [0.15, 0.2) is 42.5 Å². The highest BCUT2D eigenvalue weighted by Crippen LogP contribution is 2.29. The Morgan fingerprint density at radius 2 is 1.75 bits per heavy atom. The lowest BCUT2D eigenvalue weighted by atomic mass is 10.1. The number of nitrogens with one attached hydrogen (secondary N) is 2. The van der Waals surface area contributed by atoms with Crippen molar-refractivity contribution in [2.75, 3.05) is 13.2 Å². The highest BCUT2D eigenvalue weighted by molar-refractivity contribution is 6.30. The third-order valence-corrected chi connectivity index (χ3v) is 4.56. The van der Waals surface area contributed by atoms with E-state index in [1.165, 1.54) is 24.3 Å². The number of rotatable bonds is 10. The quantitative estimate of drug-likeness (QED) is 0.458. The zero-order chi connectivity index (χ0) is 23.7. The monoisotopic (exact) mass is 476 g/mol. The molecule has 174 valence electrons. The molecular weight excluding hydrogens is 456 g/mol. The van der Waals surface area contributed by atoms with Gasteiger partial charge in [0, 0.05) is 19.2 Å². The number of amides is 2. The topological polar surface area (TPSA) is 87.7 Å². The molecule has 2 aromatic rings. The molecule has 0 aliphatic heterocycles. The van der Waals surface area contributed by atoms with Gasteiger partial charge in [-0.15, -0.1) is 0 Å². The van der Waals surface area contributed by atoms with E-state index in [2.05, 4.69) is 10.6 Å². The van der Waals surface area contributed by atoms with Crippen molar-refractivity contribution in [2.24, 2.45) is 0 Å². The van der Waals surface area contributed by atoms with Crippen molar-refractivity contribution in [2.45, 2.75) is 31.7 Å². The summed E-state index contributed by atoms with van der Waals surface area (Å²) in [5, 5.41) is 14.8. The van der Waals surface area contributed by atoms with Crippen molar-refractivity contribution in [3.63, 3.8) is 0 Å². The predicted molar refractivity (Wildman–Crippen MR) is 108 cm³/mol. The molecule has 0 bridgehead atoms. The van der Waals surface area contributed by atoms with E-state index in [0.717, 1.165) is 18.2 Å². The van der Waals surface area contributed by atoms with Crippen LogP contribution in [0.5, 0.6) is 5.75 Å². The van der Waals surface area contributed by atoms with Gasteiger partial charge in [-0.1, -0.05) is 23.7 Å². The number of carbonyl (C=O) groups is 2. The van der Waals surface area contributed by atoms with E-state index in [9.17, 15) is 32.3 Å². The van der Waals surface area contributed by atoms with Gasteiger partial charge in [0.2, 0.25) is 5.91 Å². The van der Waals surface area contributed by atoms with Crippen LogP contribution in [0.2, 0.25) is 5.02 Å². The first-order chi connectivity index (χ1) is 15.0. The minimum Gasteiger partial charge on any atom is -0.484 e. The Bertz CT molecular complexity index is 923. The van der Waals surface area contributed by atoms with E-state index in [-0.39, 0.29) is 43.3 Å². The second kappa shape index (κ2) is 11.7. The summed E-state index contributed by atoms with van der Waals surface area (Å²) in [6, 6.07) is 8.11. The third-order valence-electron chi connectivity index (χ3n) is 4.25. The summed E-state index contributed by atoms with van der Waals surface area (Å²) in [5.74, 6) is -1.53. The van der Waals surface area contributed by atoms with Crippen LogP contribution in [0.1, 0.15) is 24.0 Å². The van der Waals surface area contributed by atoms with Gasteiger partial charge in [-0.25, -0.2) is 4.39 Å². The molecule has 32 heavy (non-hydrogen) atoms. The molecule has 0 radical (unpaired) electrons. The Balaban J connectivity index is 1.62. The number of benzene rings is 2. The molecule has 0 saturated heterocycles. The van der Waals surface area contributed by atoms with Gasteiger partial charge in [0.25, 0.3) is 5.91 Å². The minimum atomic E-state index is -4.43. The minimum absolute atomic E-state index is 0.0169. The Kier molecular flexibility index (Phi) is 9.27. The molecule has 2 aromatic carbocycles. The molecule has 0 fully saturated rings. The van der Waals surface area contributed by atoms with Crippen LogP contribution in [0.4, 0.5) is 17.6 Å². The van der Waals surface area contributed by atoms with Crippen molar-refractivity contribution in [1.29, 1.82) is 0 Å². The van der Waals surface area contributed by atoms with E-state index < -0.39 is 35.5 Å². The van der Waals surface area contributed by atoms with Crippen molar-refractivity contribution < 1.29 is 37.0 Å². The van der Waals surface area contributed by atoms with Gasteiger partial charge >= 0.3 is 6.18 Å². The molecule has 0 aromatic heterocycles. The number of halogens is 5. The summed E-state index contributed by atoms with van der Waals surface area (Å²) in [4.78, 5) is 23.6. The number of alkyl halides is 3. The molecule has 1 atom stereocenters. The van der Waals surface area contributed by atoms with Crippen molar-refractivity contribution in [1.82, 2.24) is 10.6 Å². The lowest BCUT2D eigenvalue weighted by Gasteiger charge is -2.12. The van der Waals surface area contributed by atoms with E-state index in [1.54, 1.807) is 0 Å². The first-order valence-electron chi connectivity index (χ1n) is 9.50. The van der Waals surface area contributed by atoms with Crippen molar-refractivity contribution in [3.8, 4) is 5.75 Å². The maximum absolute atomic E-state index is 13.3. The maximum atomic E-state index is 13.3. The highest BCUT2D eigenvalue weighted by Gasteiger charge is 2.29. The number of hydrogen-bond donors (Lipinski definition) is 3. The summed E-state index contributed by atoms with van der Waals surface area (Å²) in [6.07, 6.45) is -5.61. The fraction of sp³-hybridized carbons (Fsp3) is 0.333. The molecule has 2 amide bonds. The first-order valence-corrected chi connectivity index (χ1v) is 9.88. The zero-order valence-electron chi connectivity index (χ0n) is 16.7. The van der Waals surface area contributed by atoms with Crippen LogP contribution in [0.3, 0.4) is 0 Å². The van der Waals surface area contributed by atoms with Gasteiger partial charge in [-0.3, -0.25) is 9.59 Å². The van der Waals surface area contributed by atoms with Crippen LogP contribution in [-0.4, -0.2) is 36.2 Å². The average molecular weight is 477 g/mol. The molecule has 1 unspecified atom stereocenters. The maximum Gasteiger partial charge on any atom is 0.416 e. The normalized spacial score (nSPS) is 12.2. The third kappa shape index (κ3) is 8.72. The molecule has 2 rings (SSSR count). The molecule has 0 aliphatic carbocycles. The lowest BCUT2D eigenvalue weighted by Crippen LogP contribution is -2.33. The summed E-state index contributed by atoms with van der Waals surface area (Å²) in [6.45, 7) is -0.279. The van der Waals surface area contributed by atoms with Gasteiger partial charge < -0.3 is 20.5 Å². The summed E-state index contributed by atoms with van der Waals surface area (Å²) in [5.41, 5.74) is -0.301. The second-order valence-corrected chi connectivity index (χ2v) is 7.24. The molecule has 3 N–H and O–H groups in total. The predicted octanol–water partition coefficient (Wildman–Crippen LogP) is 3.45. The van der Waals surface area contributed by atoms with Crippen LogP contribution < -0.4 is 15.4 Å². The Morgan fingerprint density at radius 3 is 2.38 bits per heavy atom.